The lowest BCUT2D eigenvalue weighted by atomic mass is 10.0. The fourth-order valence-corrected chi connectivity index (χ4v) is 3.65. The van der Waals surface area contributed by atoms with Gasteiger partial charge in [0, 0.05) is 16.5 Å². The van der Waals surface area contributed by atoms with Gasteiger partial charge in [0.05, 0.1) is 12.3 Å². The average molecular weight is 506 g/mol. The second-order valence-electron chi connectivity index (χ2n) is 7.08. The van der Waals surface area contributed by atoms with Crippen LogP contribution in [-0.4, -0.2) is 27.0 Å². The van der Waals surface area contributed by atoms with E-state index in [9.17, 15) is 4.79 Å². The van der Waals surface area contributed by atoms with Gasteiger partial charge >= 0.3 is 0 Å². The summed E-state index contributed by atoms with van der Waals surface area (Å²) in [6.07, 6.45) is 2.24. The molecule has 0 aliphatic rings. The van der Waals surface area contributed by atoms with Crippen molar-refractivity contribution in [1.29, 1.82) is 0 Å². The SMILES string of the molecule is O=C(NC(Cc1ccccc1)c1n[nH]c(=S)n1N=Cc1ccc(Br)cc1)c1ccccc1. The maximum absolute atomic E-state index is 12.9. The number of hydrogen-bond acceptors (Lipinski definition) is 4. The summed E-state index contributed by atoms with van der Waals surface area (Å²) in [5.74, 6) is 0.334. The Morgan fingerprint density at radius 2 is 1.72 bits per heavy atom. The molecule has 1 aromatic heterocycles. The molecule has 0 saturated carbocycles. The van der Waals surface area contributed by atoms with Crippen molar-refractivity contribution in [1.82, 2.24) is 20.2 Å². The number of hydrogen-bond donors (Lipinski definition) is 2. The molecular weight excluding hydrogens is 486 g/mol. The Balaban J connectivity index is 1.67. The van der Waals surface area contributed by atoms with Gasteiger partial charge in [0.15, 0.2) is 5.82 Å². The molecule has 0 radical (unpaired) electrons. The Labute approximate surface area is 199 Å². The predicted molar refractivity (Wildman–Crippen MR) is 131 cm³/mol. The Hall–Kier alpha value is -3.36. The summed E-state index contributed by atoms with van der Waals surface area (Å²) >= 11 is 8.84. The van der Waals surface area contributed by atoms with Gasteiger partial charge in [-0.3, -0.25) is 9.89 Å². The molecule has 0 spiro atoms. The Morgan fingerprint density at radius 1 is 1.06 bits per heavy atom. The van der Waals surface area contributed by atoms with Gasteiger partial charge in [-0.05, 0) is 47.6 Å². The van der Waals surface area contributed by atoms with E-state index >= 15 is 0 Å². The predicted octanol–water partition coefficient (Wildman–Crippen LogP) is 5.30. The third kappa shape index (κ3) is 5.46. The molecule has 0 aliphatic carbocycles. The standard InChI is InChI=1S/C24H20BrN5OS/c25-20-13-11-18(12-14-20)16-26-30-22(28-29-24(30)32)21(15-17-7-3-1-4-8-17)27-23(31)19-9-5-2-6-10-19/h1-14,16,21H,15H2,(H,27,31)(H,29,32). The smallest absolute Gasteiger partial charge is 0.251 e. The van der Waals surface area contributed by atoms with Gasteiger partial charge in [0.2, 0.25) is 4.77 Å². The third-order valence-electron chi connectivity index (χ3n) is 4.80. The minimum absolute atomic E-state index is 0.191. The third-order valence-corrected chi connectivity index (χ3v) is 5.60. The Bertz CT molecular complexity index is 1270. The lowest BCUT2D eigenvalue weighted by Crippen LogP contribution is -2.31. The first-order valence-corrected chi connectivity index (χ1v) is 11.2. The summed E-state index contributed by atoms with van der Waals surface area (Å²) in [6, 6.07) is 26.3. The molecule has 1 heterocycles. The molecule has 0 fully saturated rings. The summed E-state index contributed by atoms with van der Waals surface area (Å²) in [5.41, 5.74) is 2.54. The van der Waals surface area contributed by atoms with Crippen LogP contribution in [0.3, 0.4) is 0 Å². The quantitative estimate of drug-likeness (QED) is 0.264. The van der Waals surface area contributed by atoms with Crippen molar-refractivity contribution in [2.45, 2.75) is 12.5 Å². The van der Waals surface area contributed by atoms with Gasteiger partial charge in [-0.25, -0.2) is 0 Å². The first-order chi connectivity index (χ1) is 15.6. The average Bonchev–Trinajstić information content (AvgIpc) is 3.19. The molecule has 160 valence electrons. The maximum atomic E-state index is 12.9. The fourth-order valence-electron chi connectivity index (χ4n) is 3.20. The summed E-state index contributed by atoms with van der Waals surface area (Å²) in [4.78, 5) is 12.9. The van der Waals surface area contributed by atoms with Crippen LogP contribution in [-0.2, 0) is 6.42 Å². The number of H-pyrrole nitrogens is 1. The monoisotopic (exact) mass is 505 g/mol. The topological polar surface area (TPSA) is 75.1 Å². The van der Waals surface area contributed by atoms with Crippen molar-refractivity contribution in [3.63, 3.8) is 0 Å². The molecule has 1 unspecified atom stereocenters. The van der Waals surface area contributed by atoms with Gasteiger partial charge in [0.25, 0.3) is 5.91 Å². The number of carbonyl (C=O) groups is 1. The van der Waals surface area contributed by atoms with E-state index in [0.717, 1.165) is 15.6 Å². The van der Waals surface area contributed by atoms with Crippen molar-refractivity contribution in [2.24, 2.45) is 5.10 Å². The number of amides is 1. The van der Waals surface area contributed by atoms with Crippen molar-refractivity contribution in [3.8, 4) is 0 Å². The number of aromatic amines is 1. The highest BCUT2D eigenvalue weighted by Crippen LogP contribution is 2.19. The summed E-state index contributed by atoms with van der Waals surface area (Å²) < 4.78 is 2.89. The van der Waals surface area contributed by atoms with E-state index in [-0.39, 0.29) is 5.91 Å². The zero-order chi connectivity index (χ0) is 22.3. The molecular formula is C24H20BrN5OS. The molecule has 0 aliphatic heterocycles. The molecule has 6 nitrogen and oxygen atoms in total. The van der Waals surface area contributed by atoms with E-state index < -0.39 is 6.04 Å². The lowest BCUT2D eigenvalue weighted by Gasteiger charge is -2.18. The fraction of sp³-hybridized carbons (Fsp3) is 0.0833. The van der Waals surface area contributed by atoms with Crippen LogP contribution < -0.4 is 5.32 Å². The number of aromatic nitrogens is 3. The van der Waals surface area contributed by atoms with Crippen LogP contribution in [0.1, 0.15) is 33.4 Å². The van der Waals surface area contributed by atoms with Crippen molar-refractivity contribution in [2.75, 3.05) is 0 Å². The lowest BCUT2D eigenvalue weighted by molar-refractivity contribution is 0.0934. The highest BCUT2D eigenvalue weighted by atomic mass is 79.9. The first-order valence-electron chi connectivity index (χ1n) is 9.97. The summed E-state index contributed by atoms with van der Waals surface area (Å²) in [5, 5.41) is 14.8. The van der Waals surface area contributed by atoms with Gasteiger partial charge < -0.3 is 5.32 Å². The molecule has 3 aromatic carbocycles. The van der Waals surface area contributed by atoms with Crippen LogP contribution in [0.15, 0.2) is 94.5 Å². The first kappa shape index (κ1) is 21.9. The van der Waals surface area contributed by atoms with Gasteiger partial charge in [-0.15, -0.1) is 0 Å². The number of nitrogens with one attached hydrogen (secondary N) is 2. The van der Waals surface area contributed by atoms with E-state index in [1.165, 1.54) is 0 Å². The summed E-state index contributed by atoms with van der Waals surface area (Å²) in [6.45, 7) is 0. The summed E-state index contributed by atoms with van der Waals surface area (Å²) in [7, 11) is 0. The van der Waals surface area contributed by atoms with E-state index in [2.05, 4.69) is 36.5 Å². The van der Waals surface area contributed by atoms with Crippen molar-refractivity contribution >= 4 is 40.3 Å². The zero-order valence-corrected chi connectivity index (χ0v) is 19.4. The molecule has 1 amide bonds. The highest BCUT2D eigenvalue weighted by Gasteiger charge is 2.22. The number of carbonyl (C=O) groups excluding carboxylic acids is 1. The molecule has 0 saturated heterocycles. The normalized spacial score (nSPS) is 12.0. The second-order valence-corrected chi connectivity index (χ2v) is 8.38. The Morgan fingerprint density at radius 3 is 2.41 bits per heavy atom. The molecule has 1 atom stereocenters. The van der Waals surface area contributed by atoms with Gasteiger partial charge in [-0.1, -0.05) is 76.6 Å². The zero-order valence-electron chi connectivity index (χ0n) is 17.0. The number of halogens is 1. The second kappa shape index (κ2) is 10.3. The molecule has 2 N–H and O–H groups in total. The van der Waals surface area contributed by atoms with Crippen LogP contribution in [0.25, 0.3) is 0 Å². The molecule has 32 heavy (non-hydrogen) atoms. The number of nitrogens with zero attached hydrogens (tertiary/aromatic N) is 3. The van der Waals surface area contributed by atoms with Crippen molar-refractivity contribution < 1.29 is 4.79 Å². The highest BCUT2D eigenvalue weighted by molar-refractivity contribution is 9.10. The van der Waals surface area contributed by atoms with Crippen LogP contribution in [0, 0.1) is 4.77 Å². The van der Waals surface area contributed by atoms with Crippen molar-refractivity contribution in [3.05, 3.63) is 117 Å². The van der Waals surface area contributed by atoms with Crippen LogP contribution in [0.4, 0.5) is 0 Å². The largest absolute Gasteiger partial charge is 0.342 e. The molecule has 8 heteroatoms. The minimum atomic E-state index is -0.444. The molecule has 4 aromatic rings. The minimum Gasteiger partial charge on any atom is -0.342 e. The van der Waals surface area contributed by atoms with Gasteiger partial charge in [0.1, 0.15) is 0 Å². The maximum Gasteiger partial charge on any atom is 0.251 e. The Kier molecular flexibility index (Phi) is 7.03. The van der Waals surface area contributed by atoms with E-state index in [1.54, 1.807) is 23.0 Å². The van der Waals surface area contributed by atoms with E-state index in [1.807, 2.05) is 72.8 Å². The van der Waals surface area contributed by atoms with Crippen LogP contribution in [0.2, 0.25) is 0 Å². The number of benzene rings is 3. The van der Waals surface area contributed by atoms with E-state index in [0.29, 0.717) is 22.6 Å². The van der Waals surface area contributed by atoms with Gasteiger partial charge in [-0.2, -0.15) is 14.9 Å². The molecule has 4 rings (SSSR count). The molecule has 0 bridgehead atoms. The number of rotatable bonds is 7. The van der Waals surface area contributed by atoms with E-state index in [4.69, 9.17) is 12.2 Å². The van der Waals surface area contributed by atoms with Crippen LogP contribution >= 0.6 is 28.1 Å². The van der Waals surface area contributed by atoms with Crippen LogP contribution in [0.5, 0.6) is 0 Å².